The highest BCUT2D eigenvalue weighted by Gasteiger charge is 2.38. The number of rotatable bonds is 5. The lowest BCUT2D eigenvalue weighted by atomic mass is 10.0. The van der Waals surface area contributed by atoms with Crippen LogP contribution in [-0.4, -0.2) is 76.8 Å². The number of carbonyl (C=O) groups excluding carboxylic acids is 2. The van der Waals surface area contributed by atoms with Crippen molar-refractivity contribution in [3.8, 4) is 5.75 Å². The maximum absolute atomic E-state index is 13.4. The van der Waals surface area contributed by atoms with E-state index in [4.69, 9.17) is 25.1 Å². The smallest absolute Gasteiger partial charge is 0.490 e. The van der Waals surface area contributed by atoms with Gasteiger partial charge in [0.25, 0.3) is 11.8 Å². The van der Waals surface area contributed by atoms with Crippen LogP contribution in [0.15, 0.2) is 30.5 Å². The van der Waals surface area contributed by atoms with Crippen molar-refractivity contribution in [2.24, 2.45) is 5.73 Å². The first-order valence-electron chi connectivity index (χ1n) is 12.6. The predicted octanol–water partition coefficient (Wildman–Crippen LogP) is 3.60. The fourth-order valence-corrected chi connectivity index (χ4v) is 4.68. The van der Waals surface area contributed by atoms with Gasteiger partial charge in [0.15, 0.2) is 0 Å². The number of aryl methyl sites for hydroxylation is 1. The van der Waals surface area contributed by atoms with Crippen LogP contribution in [0.1, 0.15) is 44.9 Å². The zero-order valence-corrected chi connectivity index (χ0v) is 22.2. The Kier molecular flexibility index (Phi) is 8.61. The first kappa shape index (κ1) is 29.5. The topological polar surface area (TPSA) is 157 Å². The Balaban J connectivity index is 0.000000493. The Morgan fingerprint density at radius 1 is 1.17 bits per heavy atom. The number of hydrogen-bond acceptors (Lipinski definition) is 8. The summed E-state index contributed by atoms with van der Waals surface area (Å²) in [6, 6.07) is 7.54. The third-order valence-electron chi connectivity index (χ3n) is 6.82. The number of primary amides is 1. The van der Waals surface area contributed by atoms with E-state index in [1.54, 1.807) is 18.0 Å². The Hall–Kier alpha value is -4.46. The van der Waals surface area contributed by atoms with Crippen LogP contribution < -0.4 is 15.8 Å². The van der Waals surface area contributed by atoms with Crippen LogP contribution >= 0.6 is 0 Å². The molecular weight excluding hydrogens is 547 g/mol. The van der Waals surface area contributed by atoms with Gasteiger partial charge in [0.1, 0.15) is 11.4 Å². The molecule has 0 aliphatic carbocycles. The molecule has 0 bridgehead atoms. The van der Waals surface area contributed by atoms with E-state index in [9.17, 15) is 22.8 Å². The number of carbonyl (C=O) groups is 3. The molecule has 5 rings (SSSR count). The van der Waals surface area contributed by atoms with Crippen LogP contribution in [0.2, 0.25) is 0 Å². The summed E-state index contributed by atoms with van der Waals surface area (Å²) in [6.45, 7) is 3.69. The van der Waals surface area contributed by atoms with Gasteiger partial charge in [-0.2, -0.15) is 13.2 Å². The first-order valence-corrected chi connectivity index (χ1v) is 12.6. The number of ether oxygens (including phenoxy) is 2. The van der Waals surface area contributed by atoms with Crippen LogP contribution in [0.3, 0.4) is 0 Å². The Labute approximate surface area is 232 Å². The molecule has 218 valence electrons. The molecule has 0 spiro atoms. The third kappa shape index (κ3) is 6.48. The van der Waals surface area contributed by atoms with Crippen molar-refractivity contribution in [1.29, 1.82) is 0 Å². The van der Waals surface area contributed by atoms with Gasteiger partial charge in [-0.25, -0.2) is 9.78 Å². The molecule has 0 radical (unpaired) electrons. The van der Waals surface area contributed by atoms with E-state index in [-0.39, 0.29) is 17.5 Å². The van der Waals surface area contributed by atoms with Crippen molar-refractivity contribution in [3.63, 3.8) is 0 Å². The molecule has 4 N–H and O–H groups in total. The number of aromatic nitrogens is 2. The van der Waals surface area contributed by atoms with E-state index in [0.29, 0.717) is 47.8 Å². The first-order chi connectivity index (χ1) is 19.4. The fourth-order valence-electron chi connectivity index (χ4n) is 4.68. The summed E-state index contributed by atoms with van der Waals surface area (Å²) in [5, 5.41) is 11.1. The van der Waals surface area contributed by atoms with E-state index < -0.39 is 18.1 Å². The number of alkyl halides is 3. The van der Waals surface area contributed by atoms with E-state index in [0.717, 1.165) is 36.3 Å². The molecule has 0 saturated carbocycles. The van der Waals surface area contributed by atoms with Gasteiger partial charge >= 0.3 is 12.1 Å². The number of fused-ring (bicyclic) bond motifs is 2. The molecule has 0 unspecified atom stereocenters. The summed E-state index contributed by atoms with van der Waals surface area (Å²) in [7, 11) is 1.80. The minimum Gasteiger partial charge on any atom is -0.493 e. The number of carboxylic acids is 1. The number of aliphatic carboxylic acids is 1. The summed E-state index contributed by atoms with van der Waals surface area (Å²) in [6.07, 6.45) is -1.29. The molecule has 2 amide bonds. The monoisotopic (exact) mass is 575 g/mol. The van der Waals surface area contributed by atoms with Gasteiger partial charge in [-0.3, -0.25) is 14.6 Å². The van der Waals surface area contributed by atoms with Gasteiger partial charge in [0.05, 0.1) is 29.1 Å². The Morgan fingerprint density at radius 2 is 1.85 bits per heavy atom. The number of nitrogens with one attached hydrogen (secondary N) is 1. The molecule has 14 heteroatoms. The van der Waals surface area contributed by atoms with Crippen molar-refractivity contribution in [2.75, 3.05) is 32.2 Å². The minimum atomic E-state index is -5.08. The SMILES string of the molecule is Cc1nc(C(=O)N(C)C2CCOCC2)cc2c(Nc3cccc4c3CCO4)c(C(N)=O)cnc12.O=C(O)C(F)(F)F. The van der Waals surface area contributed by atoms with Crippen LogP contribution in [-0.2, 0) is 16.0 Å². The van der Waals surface area contributed by atoms with Crippen molar-refractivity contribution in [2.45, 2.75) is 38.4 Å². The summed E-state index contributed by atoms with van der Waals surface area (Å²) in [4.78, 5) is 45.3. The fraction of sp³-hybridized carbons (Fsp3) is 0.370. The lowest BCUT2D eigenvalue weighted by molar-refractivity contribution is -0.192. The van der Waals surface area contributed by atoms with Gasteiger partial charge in [-0.15, -0.1) is 0 Å². The van der Waals surface area contributed by atoms with E-state index in [2.05, 4.69) is 15.3 Å². The van der Waals surface area contributed by atoms with Crippen LogP contribution in [0.5, 0.6) is 5.75 Å². The maximum atomic E-state index is 13.4. The van der Waals surface area contributed by atoms with Gasteiger partial charge in [-0.05, 0) is 38.0 Å². The molecule has 0 atom stereocenters. The number of amides is 2. The number of nitrogens with zero attached hydrogens (tertiary/aromatic N) is 3. The lowest BCUT2D eigenvalue weighted by Gasteiger charge is -2.31. The van der Waals surface area contributed by atoms with Gasteiger partial charge in [0.2, 0.25) is 0 Å². The molecule has 41 heavy (non-hydrogen) atoms. The normalized spacial score (nSPS) is 14.9. The quantitative estimate of drug-likeness (QED) is 0.414. The largest absolute Gasteiger partial charge is 0.493 e. The van der Waals surface area contributed by atoms with Gasteiger partial charge in [0, 0.05) is 55.6 Å². The molecule has 1 saturated heterocycles. The third-order valence-corrected chi connectivity index (χ3v) is 6.82. The molecule has 1 aromatic carbocycles. The average Bonchev–Trinajstić information content (AvgIpc) is 3.42. The standard InChI is InChI=1S/C25H27N5O4.C2HF3O2/c1-14-22-17(12-20(28-14)25(32)30(2)15-6-9-33-10-7-15)23(18(13-27-22)24(26)31)29-19-4-3-5-21-16(19)8-11-34-21;3-2(4,5)1(6)7/h3-5,12-13,15H,6-11H2,1-2H3,(H2,26,31)(H,27,29);(H,6,7). The molecule has 2 aliphatic heterocycles. The highest BCUT2D eigenvalue weighted by molar-refractivity contribution is 6.09. The number of hydrogen-bond donors (Lipinski definition) is 3. The Bertz CT molecular complexity index is 1490. The molecule has 4 heterocycles. The van der Waals surface area contributed by atoms with Crippen molar-refractivity contribution >= 4 is 40.1 Å². The Morgan fingerprint density at radius 3 is 2.49 bits per heavy atom. The van der Waals surface area contributed by atoms with E-state index in [1.165, 1.54) is 6.20 Å². The zero-order valence-electron chi connectivity index (χ0n) is 22.2. The van der Waals surface area contributed by atoms with Crippen molar-refractivity contribution < 1.29 is 42.1 Å². The second kappa shape index (κ2) is 12.0. The van der Waals surface area contributed by atoms with Crippen molar-refractivity contribution in [1.82, 2.24) is 14.9 Å². The summed E-state index contributed by atoms with van der Waals surface area (Å²) in [5.41, 5.74) is 9.81. The van der Waals surface area contributed by atoms with Crippen LogP contribution in [0.4, 0.5) is 24.5 Å². The molecule has 2 aliphatic rings. The number of benzene rings is 1. The summed E-state index contributed by atoms with van der Waals surface area (Å²) >= 11 is 0. The molecule has 3 aromatic rings. The maximum Gasteiger partial charge on any atom is 0.490 e. The second-order valence-electron chi connectivity index (χ2n) is 9.47. The van der Waals surface area contributed by atoms with E-state index in [1.807, 2.05) is 25.1 Å². The number of carboxylic acid groups (broad SMARTS) is 1. The predicted molar refractivity (Wildman–Crippen MR) is 141 cm³/mol. The number of nitrogens with two attached hydrogens (primary N) is 1. The minimum absolute atomic E-state index is 0.0960. The van der Waals surface area contributed by atoms with Crippen LogP contribution in [0, 0.1) is 6.92 Å². The van der Waals surface area contributed by atoms with Crippen LogP contribution in [0.25, 0.3) is 10.9 Å². The van der Waals surface area contributed by atoms with E-state index >= 15 is 0 Å². The number of halogens is 3. The molecular formula is C27H28F3N5O6. The lowest BCUT2D eigenvalue weighted by Crippen LogP contribution is -2.41. The zero-order chi connectivity index (χ0) is 29.9. The molecule has 2 aromatic heterocycles. The number of pyridine rings is 2. The number of anilines is 2. The highest BCUT2D eigenvalue weighted by atomic mass is 19.4. The van der Waals surface area contributed by atoms with Gasteiger partial charge in [-0.1, -0.05) is 6.07 Å². The summed E-state index contributed by atoms with van der Waals surface area (Å²) < 4.78 is 42.8. The van der Waals surface area contributed by atoms with Crippen molar-refractivity contribution in [3.05, 3.63) is 53.0 Å². The summed E-state index contributed by atoms with van der Waals surface area (Å²) in [5.74, 6) is -2.73. The molecule has 11 nitrogen and oxygen atoms in total. The highest BCUT2D eigenvalue weighted by Crippen LogP contribution is 2.36. The second-order valence-corrected chi connectivity index (χ2v) is 9.47. The average molecular weight is 576 g/mol. The van der Waals surface area contributed by atoms with Gasteiger partial charge < -0.3 is 30.5 Å². The molecule has 1 fully saturated rings.